The first-order chi connectivity index (χ1) is 9.56. The number of hydrogen-bond donors (Lipinski definition) is 1. The molecule has 1 rings (SSSR count). The molecule has 6 nitrogen and oxygen atoms in total. The van der Waals surface area contributed by atoms with E-state index in [2.05, 4.69) is 5.32 Å². The molecule has 0 aliphatic carbocycles. The number of nitrogens with one attached hydrogen (secondary N) is 1. The molecular formula is C14H26N2O4S. The third-order valence-corrected chi connectivity index (χ3v) is 6.19. The minimum absolute atomic E-state index is 0.0361. The lowest BCUT2D eigenvalue weighted by atomic mass is 9.83. The van der Waals surface area contributed by atoms with Crippen molar-refractivity contribution >= 4 is 21.7 Å². The topological polar surface area (TPSA) is 83.6 Å². The number of carbonyl (C=O) groups is 2. The zero-order valence-corrected chi connectivity index (χ0v) is 14.3. The number of rotatable bonds is 6. The van der Waals surface area contributed by atoms with Gasteiger partial charge in [0.2, 0.25) is 11.8 Å². The fraction of sp³-hybridized carbons (Fsp3) is 0.857. The lowest BCUT2D eigenvalue weighted by Gasteiger charge is -2.49. The minimum atomic E-state index is -3.19. The van der Waals surface area contributed by atoms with Gasteiger partial charge >= 0.3 is 0 Å². The predicted octanol–water partition coefficient (Wildman–Crippen LogP) is 0.717. The maximum atomic E-state index is 12.8. The van der Waals surface area contributed by atoms with E-state index in [0.717, 1.165) is 0 Å². The Balaban J connectivity index is 3.12. The molecule has 0 aromatic heterocycles. The monoisotopic (exact) mass is 318 g/mol. The summed E-state index contributed by atoms with van der Waals surface area (Å²) >= 11 is 0. The first-order valence-electron chi connectivity index (χ1n) is 7.41. The summed E-state index contributed by atoms with van der Waals surface area (Å²) in [5.41, 5.74) is -1.95. The zero-order chi connectivity index (χ0) is 16.5. The fourth-order valence-corrected chi connectivity index (χ4v) is 3.29. The van der Waals surface area contributed by atoms with Crippen LogP contribution in [0.4, 0.5) is 0 Å². The van der Waals surface area contributed by atoms with Gasteiger partial charge in [-0.05, 0) is 26.7 Å². The lowest BCUT2D eigenvalue weighted by molar-refractivity contribution is -0.161. The molecule has 0 aromatic carbocycles. The molecule has 21 heavy (non-hydrogen) atoms. The molecule has 2 amide bonds. The first kappa shape index (κ1) is 17.9. The van der Waals surface area contributed by atoms with E-state index in [0.29, 0.717) is 12.8 Å². The summed E-state index contributed by atoms with van der Waals surface area (Å²) in [5.74, 6) is -0.507. The van der Waals surface area contributed by atoms with E-state index in [4.69, 9.17) is 0 Å². The molecule has 0 radical (unpaired) electrons. The highest BCUT2D eigenvalue weighted by atomic mass is 32.2. The second-order valence-electron chi connectivity index (χ2n) is 6.00. The molecule has 7 heteroatoms. The average Bonchev–Trinajstić information content (AvgIpc) is 2.43. The Hall–Kier alpha value is -1.11. The summed E-state index contributed by atoms with van der Waals surface area (Å²) < 4.78 is 23.4. The highest BCUT2D eigenvalue weighted by Gasteiger charge is 2.52. The van der Waals surface area contributed by atoms with Crippen LogP contribution in [0.1, 0.15) is 47.5 Å². The minimum Gasteiger partial charge on any atom is -0.340 e. The van der Waals surface area contributed by atoms with E-state index in [9.17, 15) is 18.0 Å². The van der Waals surface area contributed by atoms with Gasteiger partial charge < -0.3 is 10.2 Å². The van der Waals surface area contributed by atoms with Crippen molar-refractivity contribution in [1.29, 1.82) is 0 Å². The highest BCUT2D eigenvalue weighted by Crippen LogP contribution is 2.30. The summed E-state index contributed by atoms with van der Waals surface area (Å²) in [5, 5.41) is 2.83. The van der Waals surface area contributed by atoms with Gasteiger partial charge in [0, 0.05) is 12.3 Å². The lowest BCUT2D eigenvalue weighted by Crippen LogP contribution is -2.74. The van der Waals surface area contributed by atoms with E-state index in [1.54, 1.807) is 20.8 Å². The third-order valence-electron chi connectivity index (χ3n) is 4.51. The summed E-state index contributed by atoms with van der Waals surface area (Å²) in [6.45, 7) is 8.62. The van der Waals surface area contributed by atoms with Crippen LogP contribution in [-0.2, 0) is 19.4 Å². The Kier molecular flexibility index (Phi) is 5.08. The van der Waals surface area contributed by atoms with E-state index in [1.165, 1.54) is 4.90 Å². The number of carbonyl (C=O) groups excluding carboxylic acids is 2. The maximum Gasteiger partial charge on any atom is 0.249 e. The summed E-state index contributed by atoms with van der Waals surface area (Å²) in [4.78, 5) is 26.6. The van der Waals surface area contributed by atoms with Crippen LogP contribution >= 0.6 is 0 Å². The maximum absolute atomic E-state index is 12.8. The van der Waals surface area contributed by atoms with Crippen LogP contribution in [0.15, 0.2) is 0 Å². The van der Waals surface area contributed by atoms with Crippen LogP contribution in [0.5, 0.6) is 0 Å². The number of piperazine rings is 1. The van der Waals surface area contributed by atoms with Crippen LogP contribution < -0.4 is 5.32 Å². The molecule has 1 heterocycles. The van der Waals surface area contributed by atoms with Crippen LogP contribution in [-0.4, -0.2) is 54.3 Å². The van der Waals surface area contributed by atoms with Crippen molar-refractivity contribution in [2.45, 2.75) is 58.5 Å². The van der Waals surface area contributed by atoms with Gasteiger partial charge in [-0.1, -0.05) is 20.8 Å². The molecule has 1 fully saturated rings. The Morgan fingerprint density at radius 3 is 2.05 bits per heavy atom. The molecule has 1 aliphatic rings. The summed E-state index contributed by atoms with van der Waals surface area (Å²) in [6, 6.07) is 0. The summed E-state index contributed by atoms with van der Waals surface area (Å²) in [6.07, 6.45) is 0.975. The zero-order valence-electron chi connectivity index (χ0n) is 13.5. The second-order valence-corrected chi connectivity index (χ2v) is 8.47. The number of amides is 2. The molecule has 0 saturated carbocycles. The van der Waals surface area contributed by atoms with Gasteiger partial charge in [-0.2, -0.15) is 0 Å². The van der Waals surface area contributed by atoms with Gasteiger partial charge in [0.1, 0.15) is 11.1 Å². The molecule has 0 unspecified atom stereocenters. The number of nitrogens with zero attached hydrogens (tertiary/aromatic N) is 1. The van der Waals surface area contributed by atoms with Gasteiger partial charge in [-0.3, -0.25) is 9.59 Å². The van der Waals surface area contributed by atoms with E-state index in [1.807, 2.05) is 13.8 Å². The molecule has 1 N–H and O–H groups in total. The predicted molar refractivity (Wildman–Crippen MR) is 81.6 cm³/mol. The van der Waals surface area contributed by atoms with Crippen LogP contribution in [0, 0.1) is 0 Å². The normalized spacial score (nSPS) is 21.3. The smallest absolute Gasteiger partial charge is 0.249 e. The molecular weight excluding hydrogens is 292 g/mol. The Morgan fingerprint density at radius 2 is 1.62 bits per heavy atom. The van der Waals surface area contributed by atoms with Crippen molar-refractivity contribution in [2.75, 3.05) is 18.1 Å². The van der Waals surface area contributed by atoms with Gasteiger partial charge in [0.25, 0.3) is 0 Å². The van der Waals surface area contributed by atoms with Crippen molar-refractivity contribution < 1.29 is 18.0 Å². The molecule has 0 bridgehead atoms. The number of sulfone groups is 1. The van der Waals surface area contributed by atoms with E-state index >= 15 is 0 Å². The van der Waals surface area contributed by atoms with Gasteiger partial charge in [-0.25, -0.2) is 8.42 Å². The second kappa shape index (κ2) is 5.94. The third kappa shape index (κ3) is 3.22. The molecule has 122 valence electrons. The van der Waals surface area contributed by atoms with E-state index in [-0.39, 0.29) is 29.9 Å². The Labute approximate surface area is 127 Å². The quantitative estimate of drug-likeness (QED) is 0.782. The average molecular weight is 318 g/mol. The molecule has 0 aromatic rings. The molecule has 0 spiro atoms. The van der Waals surface area contributed by atoms with Crippen molar-refractivity contribution in [1.82, 2.24) is 10.2 Å². The molecule has 0 atom stereocenters. The Bertz CT molecular complexity index is 521. The van der Waals surface area contributed by atoms with Crippen LogP contribution in [0.25, 0.3) is 0 Å². The first-order valence-corrected chi connectivity index (χ1v) is 9.23. The number of hydrogen-bond acceptors (Lipinski definition) is 4. The Morgan fingerprint density at radius 1 is 1.10 bits per heavy atom. The molecule has 1 aliphatic heterocycles. The van der Waals surface area contributed by atoms with E-state index < -0.39 is 20.9 Å². The van der Waals surface area contributed by atoms with Gasteiger partial charge in [0.05, 0.1) is 5.75 Å². The van der Waals surface area contributed by atoms with Crippen molar-refractivity contribution in [3.8, 4) is 0 Å². The van der Waals surface area contributed by atoms with Crippen molar-refractivity contribution in [3.05, 3.63) is 0 Å². The highest BCUT2D eigenvalue weighted by molar-refractivity contribution is 7.91. The van der Waals surface area contributed by atoms with Crippen molar-refractivity contribution in [2.24, 2.45) is 0 Å². The van der Waals surface area contributed by atoms with Gasteiger partial charge in [-0.15, -0.1) is 0 Å². The fourth-order valence-electron chi connectivity index (χ4n) is 2.54. The van der Waals surface area contributed by atoms with Crippen LogP contribution in [0.2, 0.25) is 0 Å². The SMILES string of the molecule is CCC1(CC)NC(=O)C(C)(C)N(CCS(=O)(=O)CC)C1=O. The summed E-state index contributed by atoms with van der Waals surface area (Å²) in [7, 11) is -3.19. The largest absolute Gasteiger partial charge is 0.340 e. The van der Waals surface area contributed by atoms with Crippen LogP contribution in [0.3, 0.4) is 0 Å². The molecule has 1 saturated heterocycles. The van der Waals surface area contributed by atoms with Gasteiger partial charge in [0.15, 0.2) is 9.84 Å². The van der Waals surface area contributed by atoms with Crippen molar-refractivity contribution in [3.63, 3.8) is 0 Å². The standard InChI is InChI=1S/C14H26N2O4S/c1-6-14(7-2)12(18)16(9-10-21(19,20)8-3)13(4,5)11(17)15-14/h6-10H2,1-5H3,(H,15,17).